The third-order valence-electron chi connectivity index (χ3n) is 14.4. The van der Waals surface area contributed by atoms with Gasteiger partial charge < -0.3 is 13.6 Å². The van der Waals surface area contributed by atoms with Gasteiger partial charge >= 0.3 is 0 Å². The Morgan fingerprint density at radius 2 is 1.28 bits per heavy atom. The summed E-state index contributed by atoms with van der Waals surface area (Å²) in [6.45, 7) is 0. The maximum atomic E-state index is 6.32. The Labute approximate surface area is 411 Å². The van der Waals surface area contributed by atoms with Gasteiger partial charge in [-0.15, -0.1) is 11.3 Å². The molecule has 0 fully saturated rings. The number of thiophene rings is 1. The molecule has 5 aromatic heterocycles. The van der Waals surface area contributed by atoms with Crippen molar-refractivity contribution in [3.05, 3.63) is 205 Å². The summed E-state index contributed by atoms with van der Waals surface area (Å²) in [5.74, 6) is 8.43. The smallest absolute Gasteiger partial charge is 0.166 e. The first-order chi connectivity index (χ1) is 35.2. The van der Waals surface area contributed by atoms with Gasteiger partial charge in [0.05, 0.1) is 28.7 Å². The first kappa shape index (κ1) is 39.9. The molecule has 0 unspecified atom stereocenters. The Morgan fingerprint density at radius 3 is 2.21 bits per heavy atom. The lowest BCUT2D eigenvalue weighted by Crippen LogP contribution is -2.07. The number of hydrogen-bond acceptors (Lipinski definition) is 5. The molecule has 2 aliphatic carbocycles. The van der Waals surface area contributed by atoms with E-state index in [0.29, 0.717) is 23.9 Å². The van der Waals surface area contributed by atoms with Crippen molar-refractivity contribution in [2.75, 3.05) is 0 Å². The van der Waals surface area contributed by atoms with Crippen molar-refractivity contribution in [3.63, 3.8) is 0 Å². The number of allylic oxidation sites excluding steroid dienone is 5. The minimum Gasteiger partial charge on any atom is -0.456 e. The second-order valence-corrected chi connectivity index (χ2v) is 19.4. The highest BCUT2D eigenvalue weighted by Crippen LogP contribution is 2.46. The molecule has 2 aliphatic rings. The summed E-state index contributed by atoms with van der Waals surface area (Å²) >= 11 is 1.79. The van der Waals surface area contributed by atoms with E-state index < -0.39 is 0 Å². The molecule has 0 saturated carbocycles. The minimum absolute atomic E-state index is 0.594. The molecular weight excluding hydrogens is 887 g/mol. The molecule has 0 N–H and O–H groups in total. The maximum absolute atomic E-state index is 6.32. The van der Waals surface area contributed by atoms with Gasteiger partial charge in [0.2, 0.25) is 0 Å². The number of hydrogen-bond donors (Lipinski definition) is 0. The van der Waals surface area contributed by atoms with Gasteiger partial charge in [-0.2, -0.15) is 0 Å². The summed E-state index contributed by atoms with van der Waals surface area (Å²) in [6.07, 6.45) is 13.3. The van der Waals surface area contributed by atoms with Crippen LogP contribution in [0.3, 0.4) is 0 Å². The van der Waals surface area contributed by atoms with E-state index in [4.69, 9.17) is 19.4 Å². The van der Waals surface area contributed by atoms with Crippen molar-refractivity contribution in [2.24, 2.45) is 0 Å². The van der Waals surface area contributed by atoms with Gasteiger partial charge in [0, 0.05) is 80.7 Å². The fourth-order valence-electron chi connectivity index (χ4n) is 11.3. The number of rotatable bonds is 6. The van der Waals surface area contributed by atoms with E-state index in [9.17, 15) is 0 Å². The Hall–Kier alpha value is -9.09. The highest BCUT2D eigenvalue weighted by atomic mass is 32.1. The molecule has 8 aromatic carbocycles. The van der Waals surface area contributed by atoms with E-state index >= 15 is 0 Å². The van der Waals surface area contributed by atoms with Crippen LogP contribution >= 0.6 is 11.3 Å². The normalized spacial score (nSPS) is 13.4. The zero-order valence-electron chi connectivity index (χ0n) is 38.2. The van der Waals surface area contributed by atoms with Crippen LogP contribution in [0.15, 0.2) is 199 Å². The first-order valence-corrected chi connectivity index (χ1v) is 24.9. The lowest BCUT2D eigenvalue weighted by atomic mass is 9.99. The summed E-state index contributed by atoms with van der Waals surface area (Å²) < 4.78 is 13.6. The Bertz CT molecular complexity index is 4560. The molecule has 7 heteroatoms. The quantitative estimate of drug-likeness (QED) is 0.156. The predicted octanol–water partition coefficient (Wildman–Crippen LogP) is 16.6. The zero-order valence-corrected chi connectivity index (χ0v) is 39.0. The predicted molar refractivity (Wildman–Crippen MR) is 295 cm³/mol. The Balaban J connectivity index is 1.02. The SMILES string of the molecule is C1#CCC(n2c3ccccc3c3cccc(-n4c5c(c6cccc(-c7nc(-c8ccc9oc%10ccccc%10c9c8)nc(-c8cccc9c8sc8cccc(-c%10ccccc%10)c89)n7)c64)C=CCC5)c32)=CC=C1. The van der Waals surface area contributed by atoms with E-state index in [-0.39, 0.29) is 0 Å². The van der Waals surface area contributed by atoms with E-state index in [1.165, 1.54) is 48.6 Å². The van der Waals surface area contributed by atoms with Gasteiger partial charge in [-0.1, -0.05) is 145 Å². The van der Waals surface area contributed by atoms with Crippen LogP contribution in [-0.2, 0) is 6.42 Å². The molecule has 0 bridgehead atoms. The molecule has 0 saturated heterocycles. The molecule has 71 heavy (non-hydrogen) atoms. The lowest BCUT2D eigenvalue weighted by molar-refractivity contribution is 0.669. The van der Waals surface area contributed by atoms with Gasteiger partial charge in [0.1, 0.15) is 11.2 Å². The first-order valence-electron chi connectivity index (χ1n) is 24.1. The standard InChI is InChI=1S/C64H39N5OS/c1-2-7-21-41(20-6-1)68-52-31-11-8-23-44(52)47-27-16-33-54(60(47)68)69-53-32-12-9-22-43(53)46-26-14-29-49(59(46)69)63-65-62(40-36-37-56-51(38-40)45-24-10-13-34-55(45)70-56)66-64(67-63)50-30-15-28-48-58-42(39-18-4-3-5-19-39)25-17-35-57(58)71-61(48)50/h1,3-6,8-11,13-20,22-31,33-38H,12,21,32H2. The summed E-state index contributed by atoms with van der Waals surface area (Å²) in [5.41, 5.74) is 15.0. The summed E-state index contributed by atoms with van der Waals surface area (Å²) in [5, 5.41) is 8.05. The van der Waals surface area contributed by atoms with Gasteiger partial charge in [-0.25, -0.2) is 15.0 Å². The van der Waals surface area contributed by atoms with Crippen LogP contribution in [0, 0.1) is 11.8 Å². The van der Waals surface area contributed by atoms with Gasteiger partial charge in [-0.05, 0) is 90.7 Å². The van der Waals surface area contributed by atoms with E-state index in [1.807, 2.05) is 24.3 Å². The van der Waals surface area contributed by atoms with Crippen LogP contribution in [0.2, 0.25) is 0 Å². The fourth-order valence-corrected chi connectivity index (χ4v) is 12.5. The van der Waals surface area contributed by atoms with Crippen LogP contribution in [-0.4, -0.2) is 24.1 Å². The number of furan rings is 1. The van der Waals surface area contributed by atoms with Crippen LogP contribution in [0.1, 0.15) is 24.1 Å². The molecule has 332 valence electrons. The second kappa shape index (κ2) is 15.7. The minimum atomic E-state index is 0.594. The zero-order chi connectivity index (χ0) is 46.6. The number of fused-ring (bicyclic) bond motifs is 12. The van der Waals surface area contributed by atoms with E-state index in [2.05, 4.69) is 197 Å². The monoisotopic (exact) mass is 925 g/mol. The molecule has 0 aliphatic heterocycles. The molecule has 0 atom stereocenters. The summed E-state index contributed by atoms with van der Waals surface area (Å²) in [6, 6.07) is 60.5. The molecule has 0 spiro atoms. The molecule has 0 radical (unpaired) electrons. The molecule has 15 rings (SSSR count). The second-order valence-electron chi connectivity index (χ2n) is 18.3. The van der Waals surface area contributed by atoms with Crippen molar-refractivity contribution in [1.29, 1.82) is 0 Å². The van der Waals surface area contributed by atoms with Crippen molar-refractivity contribution in [1.82, 2.24) is 24.1 Å². The molecule has 6 nitrogen and oxygen atoms in total. The Kier molecular flexibility index (Phi) is 8.83. The van der Waals surface area contributed by atoms with Crippen LogP contribution in [0.25, 0.3) is 138 Å². The molecule has 0 amide bonds. The fraction of sp³-hybridized carbons (Fsp3) is 0.0469. The van der Waals surface area contributed by atoms with Gasteiger partial charge in [0.15, 0.2) is 17.5 Å². The third-order valence-corrected chi connectivity index (χ3v) is 15.6. The lowest BCUT2D eigenvalue weighted by Gasteiger charge is -2.18. The highest BCUT2D eigenvalue weighted by Gasteiger charge is 2.27. The van der Waals surface area contributed by atoms with Gasteiger partial charge in [0.25, 0.3) is 0 Å². The topological polar surface area (TPSA) is 61.7 Å². The Morgan fingerprint density at radius 1 is 0.549 bits per heavy atom. The number of para-hydroxylation sites is 4. The highest BCUT2D eigenvalue weighted by molar-refractivity contribution is 7.26. The number of aromatic nitrogens is 5. The van der Waals surface area contributed by atoms with Crippen molar-refractivity contribution >= 4 is 97.9 Å². The molecule has 13 aromatic rings. The average molecular weight is 926 g/mol. The van der Waals surface area contributed by atoms with Gasteiger partial charge in [-0.3, -0.25) is 0 Å². The summed E-state index contributed by atoms with van der Waals surface area (Å²) in [7, 11) is 0. The van der Waals surface area contributed by atoms with Crippen LogP contribution in [0.4, 0.5) is 0 Å². The number of nitrogens with zero attached hydrogens (tertiary/aromatic N) is 5. The average Bonchev–Trinajstić information content (AvgIpc) is 4.13. The van der Waals surface area contributed by atoms with E-state index in [0.717, 1.165) is 89.5 Å². The van der Waals surface area contributed by atoms with Crippen LogP contribution < -0.4 is 0 Å². The van der Waals surface area contributed by atoms with Crippen LogP contribution in [0.5, 0.6) is 0 Å². The molecule has 5 heterocycles. The largest absolute Gasteiger partial charge is 0.456 e. The van der Waals surface area contributed by atoms with Crippen molar-refractivity contribution in [3.8, 4) is 62.8 Å². The molecular formula is C64H39N5OS. The van der Waals surface area contributed by atoms with Crippen molar-refractivity contribution in [2.45, 2.75) is 19.3 Å². The maximum Gasteiger partial charge on any atom is 0.166 e. The van der Waals surface area contributed by atoms with E-state index in [1.54, 1.807) is 11.3 Å². The van der Waals surface area contributed by atoms with Crippen molar-refractivity contribution < 1.29 is 4.42 Å². The third kappa shape index (κ3) is 6.12. The summed E-state index contributed by atoms with van der Waals surface area (Å²) in [4.78, 5) is 16.6. The number of benzene rings is 8.